The Morgan fingerprint density at radius 2 is 2.42 bits per heavy atom. The van der Waals surface area contributed by atoms with Crippen LogP contribution in [0.25, 0.3) is 0 Å². The highest BCUT2D eigenvalue weighted by Crippen LogP contribution is 2.13. The Hall–Kier alpha value is -1.58. The molecule has 0 atom stereocenters. The highest BCUT2D eigenvalue weighted by Gasteiger charge is 2.31. The first-order valence-corrected chi connectivity index (χ1v) is 3.67. The van der Waals surface area contributed by atoms with Crippen LogP contribution in [0, 0.1) is 0 Å². The minimum atomic E-state index is -0.337. The second-order valence-corrected chi connectivity index (χ2v) is 2.58. The van der Waals surface area contributed by atoms with Crippen molar-refractivity contribution in [2.75, 3.05) is 6.54 Å². The summed E-state index contributed by atoms with van der Waals surface area (Å²) in [6.45, 7) is 0.512. The van der Waals surface area contributed by atoms with Gasteiger partial charge >= 0.3 is 0 Å². The molecule has 0 spiro atoms. The maximum atomic E-state index is 11.3. The number of amides is 2. The van der Waals surface area contributed by atoms with Crippen LogP contribution in [0.5, 0.6) is 0 Å². The molecule has 0 aromatic carbocycles. The van der Waals surface area contributed by atoms with E-state index in [1.54, 1.807) is 12.1 Å². The van der Waals surface area contributed by atoms with Gasteiger partial charge in [0.2, 0.25) is 5.91 Å². The number of β-lactam (4-membered cyclic amide) rings is 1. The third-order valence-corrected chi connectivity index (χ3v) is 1.83. The third-order valence-electron chi connectivity index (χ3n) is 1.83. The quantitative estimate of drug-likeness (QED) is 0.453. The van der Waals surface area contributed by atoms with Gasteiger partial charge in [0.15, 0.2) is 5.76 Å². The van der Waals surface area contributed by atoms with Gasteiger partial charge in [-0.25, -0.2) is 0 Å². The van der Waals surface area contributed by atoms with Crippen molar-refractivity contribution in [3.8, 4) is 0 Å². The fraction of sp³-hybridized carbons (Fsp3) is 0.250. The summed E-state index contributed by atoms with van der Waals surface area (Å²) in [5.41, 5.74) is 0. The number of hydrogen-bond acceptors (Lipinski definition) is 3. The zero-order valence-corrected chi connectivity index (χ0v) is 6.32. The number of carbonyl (C=O) groups excluding carboxylic acids is 2. The first kappa shape index (κ1) is 7.09. The topological polar surface area (TPSA) is 50.5 Å². The predicted octanol–water partition coefficient (Wildman–Crippen LogP) is 0.652. The van der Waals surface area contributed by atoms with Gasteiger partial charge in [0.1, 0.15) is 0 Å². The number of nitrogens with zero attached hydrogens (tertiary/aromatic N) is 1. The fourth-order valence-electron chi connectivity index (χ4n) is 1.06. The molecule has 62 valence electrons. The molecular weight excluding hydrogens is 158 g/mol. The van der Waals surface area contributed by atoms with Gasteiger partial charge in [-0.3, -0.25) is 14.5 Å². The van der Waals surface area contributed by atoms with Gasteiger partial charge in [0, 0.05) is 13.0 Å². The Balaban J connectivity index is 2.16. The number of imide groups is 1. The van der Waals surface area contributed by atoms with E-state index in [9.17, 15) is 9.59 Å². The Morgan fingerprint density at radius 3 is 2.83 bits per heavy atom. The molecule has 0 saturated carbocycles. The molecule has 2 heterocycles. The number of rotatable bonds is 1. The van der Waals surface area contributed by atoms with E-state index in [-0.39, 0.29) is 17.6 Å². The lowest BCUT2D eigenvalue weighted by molar-refractivity contribution is -0.136. The van der Waals surface area contributed by atoms with Gasteiger partial charge in [-0.05, 0) is 12.1 Å². The summed E-state index contributed by atoms with van der Waals surface area (Å²) in [6, 6.07) is 3.17. The van der Waals surface area contributed by atoms with Crippen LogP contribution in [0.1, 0.15) is 17.0 Å². The molecular formula is C8H7NO3. The van der Waals surface area contributed by atoms with Gasteiger partial charge in [-0.2, -0.15) is 0 Å². The number of carbonyl (C=O) groups is 2. The molecule has 1 aromatic heterocycles. The Morgan fingerprint density at radius 1 is 1.58 bits per heavy atom. The van der Waals surface area contributed by atoms with E-state index in [2.05, 4.69) is 0 Å². The number of furan rings is 1. The average Bonchev–Trinajstić information content (AvgIpc) is 2.53. The second kappa shape index (κ2) is 2.48. The van der Waals surface area contributed by atoms with Gasteiger partial charge in [-0.1, -0.05) is 0 Å². The van der Waals surface area contributed by atoms with Crippen LogP contribution in [0.2, 0.25) is 0 Å². The molecule has 0 bridgehead atoms. The lowest BCUT2D eigenvalue weighted by atomic mass is 10.2. The second-order valence-electron chi connectivity index (χ2n) is 2.58. The van der Waals surface area contributed by atoms with E-state index >= 15 is 0 Å². The van der Waals surface area contributed by atoms with Crippen LogP contribution in [0.4, 0.5) is 0 Å². The van der Waals surface area contributed by atoms with Crippen molar-refractivity contribution in [2.24, 2.45) is 0 Å². The summed E-state index contributed by atoms with van der Waals surface area (Å²) < 4.78 is 4.86. The van der Waals surface area contributed by atoms with Gasteiger partial charge in [0.25, 0.3) is 5.91 Å². The largest absolute Gasteiger partial charge is 0.459 e. The van der Waals surface area contributed by atoms with Crippen LogP contribution in [0.3, 0.4) is 0 Å². The predicted molar refractivity (Wildman–Crippen MR) is 39.4 cm³/mol. The zero-order chi connectivity index (χ0) is 8.55. The SMILES string of the molecule is O=C1CCN1C(=O)c1ccco1. The summed E-state index contributed by atoms with van der Waals surface area (Å²) in [4.78, 5) is 23.3. The molecule has 0 unspecified atom stereocenters. The summed E-state index contributed by atoms with van der Waals surface area (Å²) in [5.74, 6) is -0.240. The molecule has 2 amide bonds. The molecule has 1 saturated heterocycles. The highest BCUT2D eigenvalue weighted by molar-refractivity contribution is 6.06. The minimum absolute atomic E-state index is 0.128. The van der Waals surface area contributed by atoms with Crippen molar-refractivity contribution < 1.29 is 14.0 Å². The molecule has 1 aromatic rings. The average molecular weight is 165 g/mol. The van der Waals surface area contributed by atoms with Crippen molar-refractivity contribution in [1.82, 2.24) is 4.90 Å². The normalized spacial score (nSPS) is 16.0. The lowest BCUT2D eigenvalue weighted by Gasteiger charge is -2.27. The monoisotopic (exact) mass is 165 g/mol. The van der Waals surface area contributed by atoms with Crippen molar-refractivity contribution in [3.05, 3.63) is 24.2 Å². The van der Waals surface area contributed by atoms with Crippen LogP contribution in [-0.2, 0) is 4.79 Å². The van der Waals surface area contributed by atoms with E-state index in [0.29, 0.717) is 13.0 Å². The van der Waals surface area contributed by atoms with Crippen LogP contribution >= 0.6 is 0 Å². The lowest BCUT2D eigenvalue weighted by Crippen LogP contribution is -2.47. The summed E-state index contributed by atoms with van der Waals surface area (Å²) in [7, 11) is 0. The van der Waals surface area contributed by atoms with Gasteiger partial charge < -0.3 is 4.42 Å². The highest BCUT2D eigenvalue weighted by atomic mass is 16.3. The van der Waals surface area contributed by atoms with E-state index in [0.717, 1.165) is 0 Å². The zero-order valence-electron chi connectivity index (χ0n) is 6.32. The molecule has 4 nitrogen and oxygen atoms in total. The molecule has 2 rings (SSSR count). The molecule has 0 N–H and O–H groups in total. The Bertz CT molecular complexity index is 315. The van der Waals surface area contributed by atoms with E-state index < -0.39 is 0 Å². The summed E-state index contributed by atoms with van der Waals surface area (Å²) in [5, 5.41) is 0. The smallest absolute Gasteiger partial charge is 0.296 e. The van der Waals surface area contributed by atoms with E-state index in [1.807, 2.05) is 0 Å². The Kier molecular flexibility index (Phi) is 1.46. The molecule has 1 fully saturated rings. The van der Waals surface area contributed by atoms with Crippen LogP contribution in [-0.4, -0.2) is 23.3 Å². The first-order valence-electron chi connectivity index (χ1n) is 3.67. The maximum Gasteiger partial charge on any atom is 0.296 e. The Labute approximate surface area is 68.8 Å². The molecule has 12 heavy (non-hydrogen) atoms. The van der Waals surface area contributed by atoms with Crippen molar-refractivity contribution >= 4 is 11.8 Å². The van der Waals surface area contributed by atoms with Crippen molar-refractivity contribution in [3.63, 3.8) is 0 Å². The molecule has 0 radical (unpaired) electrons. The summed E-state index contributed by atoms with van der Waals surface area (Å²) >= 11 is 0. The fourth-order valence-corrected chi connectivity index (χ4v) is 1.06. The summed E-state index contributed by atoms with van der Waals surface area (Å²) in [6.07, 6.45) is 1.88. The van der Waals surface area contributed by atoms with Crippen LogP contribution in [0.15, 0.2) is 22.8 Å². The number of likely N-dealkylation sites (tertiary alicyclic amines) is 1. The van der Waals surface area contributed by atoms with E-state index in [4.69, 9.17) is 4.42 Å². The third kappa shape index (κ3) is 0.922. The first-order chi connectivity index (χ1) is 5.79. The molecule has 4 heteroatoms. The standard InChI is InChI=1S/C8H7NO3/c10-7-3-4-9(7)8(11)6-2-1-5-12-6/h1-2,5H,3-4H2. The molecule has 0 aliphatic carbocycles. The molecule has 1 aliphatic rings. The maximum absolute atomic E-state index is 11.3. The molecule has 1 aliphatic heterocycles. The van der Waals surface area contributed by atoms with Gasteiger partial charge in [0.05, 0.1) is 6.26 Å². The van der Waals surface area contributed by atoms with E-state index in [1.165, 1.54) is 11.2 Å². The van der Waals surface area contributed by atoms with Gasteiger partial charge in [-0.15, -0.1) is 0 Å². The van der Waals surface area contributed by atoms with Crippen LogP contribution < -0.4 is 0 Å². The van der Waals surface area contributed by atoms with Crippen molar-refractivity contribution in [1.29, 1.82) is 0 Å². The number of hydrogen-bond donors (Lipinski definition) is 0. The van der Waals surface area contributed by atoms with Crippen molar-refractivity contribution in [2.45, 2.75) is 6.42 Å². The minimum Gasteiger partial charge on any atom is -0.459 e.